The van der Waals surface area contributed by atoms with Crippen LogP contribution >= 0.6 is 7.82 Å². The second-order valence-electron chi connectivity index (χ2n) is 34.2. The lowest BCUT2D eigenvalue weighted by atomic mass is 9.84. The molecule has 0 aromatic heterocycles. The van der Waals surface area contributed by atoms with Crippen molar-refractivity contribution in [1.29, 1.82) is 0 Å². The molecule has 0 aromatic carbocycles. The third-order valence-electron chi connectivity index (χ3n) is 23.5. The number of hydrogen-bond acceptors (Lipinski definition) is 24. The number of allylic oxidation sites excluding steroid dienone is 2. The van der Waals surface area contributed by atoms with Crippen LogP contribution in [-0.4, -0.2) is 205 Å². The molecular formula is C92H171O25P. The minimum absolute atomic E-state index is 0.0186. The molecule has 1 aliphatic carbocycles. The van der Waals surface area contributed by atoms with Gasteiger partial charge in [-0.1, -0.05) is 354 Å². The van der Waals surface area contributed by atoms with Crippen LogP contribution in [0.5, 0.6) is 0 Å². The van der Waals surface area contributed by atoms with Gasteiger partial charge in [0.15, 0.2) is 24.8 Å². The van der Waals surface area contributed by atoms with E-state index in [4.69, 9.17) is 46.9 Å². The summed E-state index contributed by atoms with van der Waals surface area (Å²) in [6.45, 7) is 5.61. The average molecular weight is 1710 g/mol. The van der Waals surface area contributed by atoms with E-state index in [-0.39, 0.29) is 25.7 Å². The van der Waals surface area contributed by atoms with Gasteiger partial charge in [0, 0.05) is 25.7 Å². The molecule has 25 nitrogen and oxygen atoms in total. The third kappa shape index (κ3) is 51.0. The molecule has 0 bridgehead atoms. The number of aliphatic hydroxyl groups excluding tert-OH is 9. The number of carbonyl (C=O) groups excluding carboxylic acids is 4. The predicted molar refractivity (Wildman–Crippen MR) is 458 cm³/mol. The summed E-state index contributed by atoms with van der Waals surface area (Å²) >= 11 is 0. The van der Waals surface area contributed by atoms with Gasteiger partial charge in [-0.3, -0.25) is 28.2 Å². The van der Waals surface area contributed by atoms with Crippen molar-refractivity contribution in [2.75, 3.05) is 26.4 Å². The molecule has 3 fully saturated rings. The van der Waals surface area contributed by atoms with Crippen molar-refractivity contribution >= 4 is 31.7 Å². The second-order valence-corrected chi connectivity index (χ2v) is 35.6. The summed E-state index contributed by atoms with van der Waals surface area (Å²) in [5.74, 6) is -2.95. The fourth-order valence-corrected chi connectivity index (χ4v) is 16.9. The summed E-state index contributed by atoms with van der Waals surface area (Å²) in [4.78, 5) is 66.5. The number of aliphatic hydroxyl groups is 9. The largest absolute Gasteiger partial charge is 0.472 e. The van der Waals surface area contributed by atoms with Gasteiger partial charge in [-0.05, 0) is 51.4 Å². The standard InChI is InChI=1S/C92H171O25P/c1-5-9-13-17-21-25-29-33-36-39-41-45-48-52-56-60-64-75(94)108-69-72(111-77(96)66-62-58-54-50-46-42-37-34-30-26-22-18-14-10-6-2)70-110-118(106,107)117-90-88(115-91-85(104)81(100)79(98)73(68-93)112-91)84(103)83(102)87(114-78(97)67-63-59-55-51-47-43-38-35-31-27-23-19-15-11-7-3)89(90)116-92-86(105)82(101)80(99)74(113-92)71-109-76(95)65-61-57-53-49-44-40-32-28-24-20-16-12-8-4/h26,30,72-74,79-93,98-105H,5-25,27-29,31-71H2,1-4H3,(H,106,107)/b30-26-. The quantitative estimate of drug-likeness (QED) is 0.00889. The first-order valence-electron chi connectivity index (χ1n) is 47.9. The van der Waals surface area contributed by atoms with Gasteiger partial charge in [0.05, 0.1) is 13.2 Å². The van der Waals surface area contributed by atoms with Gasteiger partial charge < -0.3 is 88.7 Å². The topological polar surface area (TPSA) is 380 Å². The van der Waals surface area contributed by atoms with Crippen LogP contribution < -0.4 is 0 Å². The highest BCUT2D eigenvalue weighted by atomic mass is 31.2. The Balaban J connectivity index is 1.91. The molecule has 0 spiro atoms. The zero-order chi connectivity index (χ0) is 86.1. The van der Waals surface area contributed by atoms with E-state index in [1.165, 1.54) is 186 Å². The smallest absolute Gasteiger partial charge is 0.463 e. The summed E-state index contributed by atoms with van der Waals surface area (Å²) in [6.07, 6.45) is 30.4. The van der Waals surface area contributed by atoms with E-state index in [1.807, 2.05) is 0 Å². The highest BCUT2D eigenvalue weighted by molar-refractivity contribution is 7.47. The average Bonchev–Trinajstić information content (AvgIpc) is 0.756. The Labute approximate surface area is 712 Å². The van der Waals surface area contributed by atoms with Gasteiger partial charge in [0.1, 0.15) is 92.6 Å². The van der Waals surface area contributed by atoms with E-state index in [2.05, 4.69) is 39.8 Å². The lowest BCUT2D eigenvalue weighted by molar-refractivity contribution is -0.360. The zero-order valence-corrected chi connectivity index (χ0v) is 74.9. The summed E-state index contributed by atoms with van der Waals surface area (Å²) in [6, 6.07) is 0. The maximum atomic E-state index is 14.9. The van der Waals surface area contributed by atoms with Gasteiger partial charge in [-0.25, -0.2) is 4.57 Å². The molecule has 0 amide bonds. The molecule has 694 valence electrons. The summed E-state index contributed by atoms with van der Waals surface area (Å²) in [5.41, 5.74) is 0. The molecule has 3 aliphatic rings. The minimum atomic E-state index is -5.81. The van der Waals surface area contributed by atoms with Crippen LogP contribution in [0, 0.1) is 0 Å². The SMILES string of the molecule is CCCCCC/C=C\CCCCCCCCCC(=O)OC(COC(=O)CCCCCCCCCCCCCCCCCC)COP(=O)(O)OC1C(OC2OC(CO)C(O)C(O)C2O)C(O)C(O)C(OC(=O)CCCCCCCCCCCCCCCCC)C1OC1OC(COC(=O)CCCCCCCCCCCCCCC)C(O)C(O)C1O. The molecule has 1 saturated carbocycles. The summed E-state index contributed by atoms with van der Waals surface area (Å²) < 4.78 is 73.5. The van der Waals surface area contributed by atoms with E-state index in [0.717, 1.165) is 141 Å². The lowest BCUT2D eigenvalue weighted by Gasteiger charge is -2.50. The molecule has 3 rings (SSSR count). The van der Waals surface area contributed by atoms with E-state index in [9.17, 15) is 74.6 Å². The number of esters is 4. The molecule has 18 atom stereocenters. The van der Waals surface area contributed by atoms with Crippen molar-refractivity contribution in [2.24, 2.45) is 0 Å². The van der Waals surface area contributed by atoms with Crippen LogP contribution in [0.25, 0.3) is 0 Å². The molecule has 0 radical (unpaired) electrons. The maximum Gasteiger partial charge on any atom is 0.472 e. The second kappa shape index (κ2) is 71.4. The van der Waals surface area contributed by atoms with Crippen molar-refractivity contribution in [3.8, 4) is 0 Å². The Kier molecular flexibility index (Phi) is 66.2. The Bertz CT molecular complexity index is 2500. The first-order chi connectivity index (χ1) is 57.2. The van der Waals surface area contributed by atoms with Gasteiger partial charge >= 0.3 is 31.7 Å². The van der Waals surface area contributed by atoms with Crippen LogP contribution in [-0.2, 0) is 70.7 Å². The fraction of sp³-hybridized carbons (Fsp3) is 0.935. The van der Waals surface area contributed by atoms with E-state index < -0.39 is 162 Å². The Morgan fingerprint density at radius 1 is 0.331 bits per heavy atom. The Morgan fingerprint density at radius 3 is 1.02 bits per heavy atom. The van der Waals surface area contributed by atoms with Crippen LogP contribution in [0.4, 0.5) is 0 Å². The molecule has 118 heavy (non-hydrogen) atoms. The normalized spacial score (nSPS) is 24.9. The molecule has 10 N–H and O–H groups in total. The third-order valence-corrected chi connectivity index (χ3v) is 24.5. The molecule has 26 heteroatoms. The van der Waals surface area contributed by atoms with Gasteiger partial charge in [-0.2, -0.15) is 0 Å². The van der Waals surface area contributed by atoms with E-state index in [1.54, 1.807) is 0 Å². The maximum absolute atomic E-state index is 14.9. The number of rotatable bonds is 78. The highest BCUT2D eigenvalue weighted by Crippen LogP contribution is 2.49. The van der Waals surface area contributed by atoms with Crippen LogP contribution in [0.2, 0.25) is 0 Å². The monoisotopic (exact) mass is 1710 g/mol. The minimum Gasteiger partial charge on any atom is -0.463 e. The Hall–Kier alpha value is -2.79. The van der Waals surface area contributed by atoms with Crippen molar-refractivity contribution in [1.82, 2.24) is 0 Å². The molecule has 0 aromatic rings. The zero-order valence-electron chi connectivity index (χ0n) is 74.0. The highest BCUT2D eigenvalue weighted by Gasteiger charge is 2.60. The molecule has 2 heterocycles. The number of unbranched alkanes of at least 4 members (excludes halogenated alkanes) is 52. The van der Waals surface area contributed by atoms with Crippen LogP contribution in [0.15, 0.2) is 12.2 Å². The first-order valence-corrected chi connectivity index (χ1v) is 49.4. The van der Waals surface area contributed by atoms with Crippen molar-refractivity contribution in [2.45, 2.75) is 524 Å². The fourth-order valence-electron chi connectivity index (χ4n) is 15.9. The molecule has 2 saturated heterocycles. The van der Waals surface area contributed by atoms with Crippen LogP contribution in [0.3, 0.4) is 0 Å². The summed E-state index contributed by atoms with van der Waals surface area (Å²) in [7, 11) is -5.81. The number of carbonyl (C=O) groups is 4. The van der Waals surface area contributed by atoms with Crippen LogP contribution in [0.1, 0.15) is 419 Å². The van der Waals surface area contributed by atoms with Gasteiger partial charge in [0.25, 0.3) is 0 Å². The number of ether oxygens (including phenoxy) is 8. The van der Waals surface area contributed by atoms with Crippen molar-refractivity contribution < 1.29 is 122 Å². The Morgan fingerprint density at radius 2 is 0.636 bits per heavy atom. The molecule has 18 unspecified atom stereocenters. The van der Waals surface area contributed by atoms with Gasteiger partial charge in [0.2, 0.25) is 0 Å². The predicted octanol–water partition coefficient (Wildman–Crippen LogP) is 17.9. The van der Waals surface area contributed by atoms with Crippen molar-refractivity contribution in [3.63, 3.8) is 0 Å². The number of phosphoric acid groups is 1. The molecular weight excluding hydrogens is 1540 g/mol. The van der Waals surface area contributed by atoms with Gasteiger partial charge in [-0.15, -0.1) is 0 Å². The van der Waals surface area contributed by atoms with E-state index >= 15 is 0 Å². The number of phosphoric ester groups is 1. The van der Waals surface area contributed by atoms with Crippen molar-refractivity contribution in [3.05, 3.63) is 12.2 Å². The summed E-state index contributed by atoms with van der Waals surface area (Å²) in [5, 5.41) is 102. The lowest BCUT2D eigenvalue weighted by Crippen LogP contribution is -2.70. The molecule has 2 aliphatic heterocycles. The first kappa shape index (κ1) is 109. The van der Waals surface area contributed by atoms with E-state index in [0.29, 0.717) is 38.5 Å². The number of hydrogen-bond donors (Lipinski definition) is 10.